The van der Waals surface area contributed by atoms with Crippen LogP contribution in [0.25, 0.3) is 0 Å². The third kappa shape index (κ3) is 2.73. The predicted molar refractivity (Wildman–Crippen MR) is 80.3 cm³/mol. The van der Waals surface area contributed by atoms with Gasteiger partial charge in [-0.25, -0.2) is 0 Å². The Bertz CT molecular complexity index is 684. The third-order valence-electron chi connectivity index (χ3n) is 3.96. The molecule has 2 atom stereocenters. The molecule has 1 fully saturated rings. The fourth-order valence-electron chi connectivity index (χ4n) is 2.56. The monoisotopic (exact) mass is 282 g/mol. The molecule has 0 spiro atoms. The number of ether oxygens (including phenoxy) is 1. The van der Waals surface area contributed by atoms with Gasteiger partial charge in [-0.15, -0.1) is 0 Å². The summed E-state index contributed by atoms with van der Waals surface area (Å²) in [5.41, 5.74) is 1.28. The van der Waals surface area contributed by atoms with Gasteiger partial charge in [-0.1, -0.05) is 13.0 Å². The van der Waals surface area contributed by atoms with E-state index in [4.69, 9.17) is 9.15 Å². The first kappa shape index (κ1) is 13.6. The van der Waals surface area contributed by atoms with Crippen molar-refractivity contribution < 1.29 is 9.15 Å². The van der Waals surface area contributed by atoms with Crippen molar-refractivity contribution in [3.8, 4) is 11.8 Å². The van der Waals surface area contributed by atoms with Crippen molar-refractivity contribution >= 4 is 5.69 Å². The number of furan rings is 1. The molecule has 1 aromatic carbocycles. The number of nitrogens with zero attached hydrogens (tertiary/aromatic N) is 1. The van der Waals surface area contributed by atoms with E-state index in [1.807, 2.05) is 18.2 Å². The molecular weight excluding hydrogens is 264 g/mol. The lowest BCUT2D eigenvalue weighted by Gasteiger charge is -2.11. The molecule has 4 heteroatoms. The van der Waals surface area contributed by atoms with E-state index in [1.54, 1.807) is 13.2 Å². The Balaban J connectivity index is 1.73. The van der Waals surface area contributed by atoms with E-state index in [9.17, 15) is 5.26 Å². The number of hydrogen-bond donors (Lipinski definition) is 1. The van der Waals surface area contributed by atoms with Gasteiger partial charge in [0.1, 0.15) is 23.3 Å². The van der Waals surface area contributed by atoms with E-state index >= 15 is 0 Å². The van der Waals surface area contributed by atoms with Crippen LogP contribution < -0.4 is 10.1 Å². The zero-order valence-corrected chi connectivity index (χ0v) is 12.2. The largest absolute Gasteiger partial charge is 0.495 e. The minimum atomic E-state index is 0.538. The number of nitrogens with one attached hydrogen (secondary N) is 1. The molecule has 0 bridgehead atoms. The zero-order chi connectivity index (χ0) is 14.8. The second-order valence-electron chi connectivity index (χ2n) is 5.47. The molecule has 2 aromatic rings. The second-order valence-corrected chi connectivity index (χ2v) is 5.47. The predicted octanol–water partition coefficient (Wildman–Crippen LogP) is 3.90. The van der Waals surface area contributed by atoms with E-state index in [2.05, 4.69) is 24.4 Å². The third-order valence-corrected chi connectivity index (χ3v) is 3.96. The van der Waals surface area contributed by atoms with Crippen LogP contribution in [-0.2, 0) is 6.54 Å². The first-order chi connectivity index (χ1) is 10.2. The van der Waals surface area contributed by atoms with Crippen LogP contribution in [0.3, 0.4) is 0 Å². The van der Waals surface area contributed by atoms with E-state index < -0.39 is 0 Å². The maximum atomic E-state index is 9.18. The fraction of sp³-hybridized carbons (Fsp3) is 0.353. The highest BCUT2D eigenvalue weighted by molar-refractivity contribution is 5.66. The Labute approximate surface area is 124 Å². The molecular formula is C17H18N2O2. The van der Waals surface area contributed by atoms with E-state index in [1.165, 1.54) is 6.42 Å². The van der Waals surface area contributed by atoms with Gasteiger partial charge in [0, 0.05) is 5.92 Å². The lowest BCUT2D eigenvalue weighted by molar-refractivity contribution is 0.416. The van der Waals surface area contributed by atoms with Crippen molar-refractivity contribution in [2.45, 2.75) is 25.8 Å². The summed E-state index contributed by atoms with van der Waals surface area (Å²) in [4.78, 5) is 0. The first-order valence-electron chi connectivity index (χ1n) is 7.12. The minimum absolute atomic E-state index is 0.538. The number of hydrogen-bond acceptors (Lipinski definition) is 4. The van der Waals surface area contributed by atoms with E-state index in [0.29, 0.717) is 29.5 Å². The molecule has 0 radical (unpaired) electrons. The van der Waals surface area contributed by atoms with Crippen LogP contribution >= 0.6 is 0 Å². The average molecular weight is 282 g/mol. The summed E-state index contributed by atoms with van der Waals surface area (Å²) >= 11 is 0. The Morgan fingerprint density at radius 3 is 2.86 bits per heavy atom. The summed E-state index contributed by atoms with van der Waals surface area (Å²) < 4.78 is 11.2. The first-order valence-corrected chi connectivity index (χ1v) is 7.12. The van der Waals surface area contributed by atoms with Crippen LogP contribution in [0.5, 0.6) is 5.75 Å². The van der Waals surface area contributed by atoms with Gasteiger partial charge in [0.2, 0.25) is 0 Å². The zero-order valence-electron chi connectivity index (χ0n) is 12.2. The number of anilines is 1. The van der Waals surface area contributed by atoms with Crippen LogP contribution in [0.15, 0.2) is 34.7 Å². The van der Waals surface area contributed by atoms with Crippen molar-refractivity contribution in [1.29, 1.82) is 5.26 Å². The standard InChI is InChI=1S/C17H18N2O2/c1-11-8-14(11)15-7-6-13(21-15)10-19-17-12(9-18)4-3-5-16(17)20-2/h3-7,11,14,19H,8,10H2,1-2H3. The molecule has 21 heavy (non-hydrogen) atoms. The van der Waals surface area contributed by atoms with Crippen molar-refractivity contribution in [3.63, 3.8) is 0 Å². The minimum Gasteiger partial charge on any atom is -0.495 e. The number of para-hydroxylation sites is 1. The summed E-state index contributed by atoms with van der Waals surface area (Å²) in [6.07, 6.45) is 1.21. The van der Waals surface area contributed by atoms with Gasteiger partial charge in [0.05, 0.1) is 24.9 Å². The number of nitriles is 1. The smallest absolute Gasteiger partial charge is 0.143 e. The lowest BCUT2D eigenvalue weighted by Crippen LogP contribution is -2.02. The summed E-state index contributed by atoms with van der Waals surface area (Å²) in [5.74, 6) is 3.92. The molecule has 3 rings (SSSR count). The highest BCUT2D eigenvalue weighted by Gasteiger charge is 2.36. The molecule has 2 unspecified atom stereocenters. The molecule has 4 nitrogen and oxygen atoms in total. The van der Waals surface area contributed by atoms with E-state index in [0.717, 1.165) is 17.4 Å². The Morgan fingerprint density at radius 2 is 2.19 bits per heavy atom. The summed E-state index contributed by atoms with van der Waals surface area (Å²) in [6.45, 7) is 2.77. The summed E-state index contributed by atoms with van der Waals surface area (Å²) in [6, 6.07) is 11.6. The van der Waals surface area contributed by atoms with Crippen molar-refractivity contribution in [2.75, 3.05) is 12.4 Å². The highest BCUT2D eigenvalue weighted by Crippen LogP contribution is 2.47. The highest BCUT2D eigenvalue weighted by atomic mass is 16.5. The maximum absolute atomic E-state index is 9.18. The van der Waals surface area contributed by atoms with Gasteiger partial charge in [0.15, 0.2) is 0 Å². The van der Waals surface area contributed by atoms with Gasteiger partial charge in [-0.2, -0.15) is 5.26 Å². The van der Waals surface area contributed by atoms with Crippen LogP contribution in [0.2, 0.25) is 0 Å². The van der Waals surface area contributed by atoms with Gasteiger partial charge in [-0.3, -0.25) is 0 Å². The van der Waals surface area contributed by atoms with Crippen LogP contribution in [0.1, 0.15) is 36.3 Å². The Hall–Kier alpha value is -2.41. The molecule has 108 valence electrons. The quantitative estimate of drug-likeness (QED) is 0.903. The maximum Gasteiger partial charge on any atom is 0.143 e. The average Bonchev–Trinajstić information content (AvgIpc) is 3.06. The van der Waals surface area contributed by atoms with Gasteiger partial charge in [0.25, 0.3) is 0 Å². The van der Waals surface area contributed by atoms with Crippen molar-refractivity contribution in [1.82, 2.24) is 0 Å². The molecule has 1 N–H and O–H groups in total. The van der Waals surface area contributed by atoms with E-state index in [-0.39, 0.29) is 0 Å². The number of rotatable bonds is 5. The molecule has 1 aliphatic carbocycles. The topological polar surface area (TPSA) is 58.2 Å². The SMILES string of the molecule is COc1cccc(C#N)c1NCc1ccc(C2CC2C)o1. The summed E-state index contributed by atoms with van der Waals surface area (Å²) in [7, 11) is 1.60. The normalized spacial score (nSPS) is 19.9. The van der Waals surface area contributed by atoms with Crippen LogP contribution in [0.4, 0.5) is 5.69 Å². The lowest BCUT2D eigenvalue weighted by atomic mass is 10.1. The molecule has 1 aromatic heterocycles. The molecule has 0 aliphatic heterocycles. The number of methoxy groups -OCH3 is 1. The molecule has 1 heterocycles. The summed E-state index contributed by atoms with van der Waals surface area (Å²) in [5, 5.41) is 12.4. The Kier molecular flexibility index (Phi) is 3.57. The molecule has 1 aliphatic rings. The van der Waals surface area contributed by atoms with Gasteiger partial charge >= 0.3 is 0 Å². The molecule has 0 saturated heterocycles. The second kappa shape index (κ2) is 5.53. The van der Waals surface area contributed by atoms with Crippen molar-refractivity contribution in [3.05, 3.63) is 47.4 Å². The van der Waals surface area contributed by atoms with Crippen molar-refractivity contribution in [2.24, 2.45) is 5.92 Å². The number of benzene rings is 1. The molecule has 1 saturated carbocycles. The van der Waals surface area contributed by atoms with Crippen LogP contribution in [-0.4, -0.2) is 7.11 Å². The fourth-order valence-corrected chi connectivity index (χ4v) is 2.56. The molecule has 0 amide bonds. The van der Waals surface area contributed by atoms with Crippen LogP contribution in [0, 0.1) is 17.2 Å². The van der Waals surface area contributed by atoms with Gasteiger partial charge in [-0.05, 0) is 36.6 Å². The van der Waals surface area contributed by atoms with Gasteiger partial charge < -0.3 is 14.5 Å². The Morgan fingerprint density at radius 1 is 1.38 bits per heavy atom.